The second kappa shape index (κ2) is 6.50. The van der Waals surface area contributed by atoms with E-state index in [1.807, 2.05) is 0 Å². The predicted octanol–water partition coefficient (Wildman–Crippen LogP) is 1.44. The molecule has 1 unspecified atom stereocenters. The maximum absolute atomic E-state index is 11.1. The van der Waals surface area contributed by atoms with E-state index in [2.05, 4.69) is 11.9 Å². The van der Waals surface area contributed by atoms with Crippen LogP contribution in [-0.2, 0) is 9.53 Å². The number of ether oxygens (including phenoxy) is 1. The maximum Gasteiger partial charge on any atom is 0.333 e. The third-order valence-corrected chi connectivity index (χ3v) is 2.11. The van der Waals surface area contributed by atoms with Crippen LogP contribution in [0.2, 0.25) is 0 Å². The topological polar surface area (TPSA) is 102 Å². The summed E-state index contributed by atoms with van der Waals surface area (Å²) >= 11 is 0. The number of aliphatic hydroxyl groups excluding tert-OH is 1. The molecule has 0 saturated heterocycles. The molecule has 0 aliphatic rings. The van der Waals surface area contributed by atoms with Gasteiger partial charge < -0.3 is 15.2 Å². The molecule has 0 bridgehead atoms. The fourth-order valence-corrected chi connectivity index (χ4v) is 1.22. The molecule has 2 N–H and O–H groups in total. The van der Waals surface area contributed by atoms with E-state index in [0.717, 1.165) is 0 Å². The van der Waals surface area contributed by atoms with Crippen LogP contribution in [0.5, 0.6) is 0 Å². The second-order valence-corrected chi connectivity index (χ2v) is 3.85. The molecule has 0 spiro atoms. The van der Waals surface area contributed by atoms with Gasteiger partial charge in [-0.25, -0.2) is 4.79 Å². The van der Waals surface area contributed by atoms with Gasteiger partial charge in [-0.15, -0.1) is 0 Å². The third kappa shape index (κ3) is 4.76. The lowest BCUT2D eigenvalue weighted by Crippen LogP contribution is -2.26. The number of nitro benzene ring substituents is 1. The molecular weight excluding hydrogens is 252 g/mol. The Morgan fingerprint density at radius 1 is 1.63 bits per heavy atom. The molecule has 0 aliphatic heterocycles. The Hall–Kier alpha value is -2.41. The summed E-state index contributed by atoms with van der Waals surface area (Å²) in [7, 11) is 0. The highest BCUT2D eigenvalue weighted by molar-refractivity contribution is 5.86. The van der Waals surface area contributed by atoms with Crippen molar-refractivity contribution < 1.29 is 19.6 Å². The fourth-order valence-electron chi connectivity index (χ4n) is 1.22. The van der Waals surface area contributed by atoms with Gasteiger partial charge in [0.15, 0.2) is 6.23 Å². The summed E-state index contributed by atoms with van der Waals surface area (Å²) in [6.45, 7) is 4.60. The smallest absolute Gasteiger partial charge is 0.333 e. The zero-order valence-corrected chi connectivity index (χ0v) is 10.3. The highest BCUT2D eigenvalue weighted by Crippen LogP contribution is 2.17. The third-order valence-electron chi connectivity index (χ3n) is 2.11. The molecule has 1 atom stereocenters. The van der Waals surface area contributed by atoms with Gasteiger partial charge in [0.2, 0.25) is 0 Å². The first kappa shape index (κ1) is 14.7. The lowest BCUT2D eigenvalue weighted by atomic mass is 10.3. The van der Waals surface area contributed by atoms with E-state index in [1.54, 1.807) is 6.07 Å². The SMILES string of the molecule is C=C(C)C(=O)OCC(O)Nc1cccc([N+](=O)[O-])c1. The largest absolute Gasteiger partial charge is 0.458 e. The van der Waals surface area contributed by atoms with Crippen molar-refractivity contribution in [1.29, 1.82) is 0 Å². The van der Waals surface area contributed by atoms with Gasteiger partial charge in [0, 0.05) is 23.4 Å². The number of rotatable bonds is 6. The maximum atomic E-state index is 11.1. The Morgan fingerprint density at radius 2 is 2.32 bits per heavy atom. The Labute approximate surface area is 109 Å². The van der Waals surface area contributed by atoms with Gasteiger partial charge in [-0.2, -0.15) is 0 Å². The predicted molar refractivity (Wildman–Crippen MR) is 68.5 cm³/mol. The van der Waals surface area contributed by atoms with Crippen molar-refractivity contribution in [3.63, 3.8) is 0 Å². The average molecular weight is 266 g/mol. The number of anilines is 1. The Morgan fingerprint density at radius 3 is 2.89 bits per heavy atom. The molecule has 0 aliphatic carbocycles. The normalized spacial score (nSPS) is 11.5. The molecule has 7 nitrogen and oxygen atoms in total. The number of nitrogens with zero attached hydrogens (tertiary/aromatic N) is 1. The zero-order chi connectivity index (χ0) is 14.4. The second-order valence-electron chi connectivity index (χ2n) is 3.85. The lowest BCUT2D eigenvalue weighted by Gasteiger charge is -2.14. The molecule has 1 aromatic rings. The number of aliphatic hydroxyl groups is 1. The van der Waals surface area contributed by atoms with E-state index in [1.165, 1.54) is 25.1 Å². The molecule has 0 fully saturated rings. The number of nitrogens with one attached hydrogen (secondary N) is 1. The summed E-state index contributed by atoms with van der Waals surface area (Å²) < 4.78 is 4.73. The van der Waals surface area contributed by atoms with E-state index >= 15 is 0 Å². The number of esters is 1. The number of carbonyl (C=O) groups is 1. The summed E-state index contributed by atoms with van der Waals surface area (Å²) in [5.74, 6) is -0.611. The minimum absolute atomic E-state index is 0.101. The van der Waals surface area contributed by atoms with E-state index in [-0.39, 0.29) is 17.9 Å². The van der Waals surface area contributed by atoms with E-state index < -0.39 is 17.1 Å². The molecular formula is C12H14N2O5. The number of hydrogen-bond donors (Lipinski definition) is 2. The van der Waals surface area contributed by atoms with Crippen LogP contribution in [0.1, 0.15) is 6.92 Å². The number of carbonyl (C=O) groups excluding carboxylic acids is 1. The Bertz CT molecular complexity index is 501. The van der Waals surface area contributed by atoms with Gasteiger partial charge in [-0.3, -0.25) is 10.1 Å². The fraction of sp³-hybridized carbons (Fsp3) is 0.250. The lowest BCUT2D eigenvalue weighted by molar-refractivity contribution is -0.384. The van der Waals surface area contributed by atoms with Crippen LogP contribution in [0, 0.1) is 10.1 Å². The van der Waals surface area contributed by atoms with Crippen molar-refractivity contribution in [2.45, 2.75) is 13.2 Å². The quantitative estimate of drug-likeness (QED) is 0.265. The number of non-ortho nitro benzene ring substituents is 1. The summed E-state index contributed by atoms with van der Waals surface area (Å²) in [4.78, 5) is 21.1. The van der Waals surface area contributed by atoms with Gasteiger partial charge in [-0.05, 0) is 13.0 Å². The van der Waals surface area contributed by atoms with Gasteiger partial charge >= 0.3 is 5.97 Å². The zero-order valence-electron chi connectivity index (χ0n) is 10.3. The summed E-state index contributed by atoms with van der Waals surface area (Å²) in [6.07, 6.45) is -1.16. The van der Waals surface area contributed by atoms with Gasteiger partial charge in [0.05, 0.1) is 4.92 Å². The van der Waals surface area contributed by atoms with Gasteiger partial charge in [0.1, 0.15) is 6.61 Å². The first-order valence-electron chi connectivity index (χ1n) is 5.42. The first-order valence-corrected chi connectivity index (χ1v) is 5.42. The molecule has 1 aromatic carbocycles. The molecule has 102 valence electrons. The van der Waals surface area contributed by atoms with E-state index in [0.29, 0.717) is 5.69 Å². The van der Waals surface area contributed by atoms with Crippen molar-refractivity contribution in [2.24, 2.45) is 0 Å². The van der Waals surface area contributed by atoms with Crippen LogP contribution in [0.25, 0.3) is 0 Å². The van der Waals surface area contributed by atoms with Crippen molar-refractivity contribution in [1.82, 2.24) is 0 Å². The number of nitro groups is 1. The monoisotopic (exact) mass is 266 g/mol. The van der Waals surface area contributed by atoms with Crippen LogP contribution in [-0.4, -0.2) is 28.8 Å². The molecule has 0 amide bonds. The van der Waals surface area contributed by atoms with Crippen LogP contribution >= 0.6 is 0 Å². The molecule has 0 radical (unpaired) electrons. The molecule has 19 heavy (non-hydrogen) atoms. The van der Waals surface area contributed by atoms with Crippen LogP contribution in [0.15, 0.2) is 36.4 Å². The summed E-state index contributed by atoms with van der Waals surface area (Å²) in [5.41, 5.74) is 0.478. The molecule has 0 heterocycles. The van der Waals surface area contributed by atoms with Crippen LogP contribution in [0.3, 0.4) is 0 Å². The first-order chi connectivity index (χ1) is 8.90. The highest BCUT2D eigenvalue weighted by Gasteiger charge is 2.11. The van der Waals surface area contributed by atoms with Gasteiger partial charge in [-0.1, -0.05) is 12.6 Å². The highest BCUT2D eigenvalue weighted by atomic mass is 16.6. The van der Waals surface area contributed by atoms with Crippen molar-refractivity contribution >= 4 is 17.3 Å². The average Bonchev–Trinajstić information content (AvgIpc) is 2.36. The summed E-state index contributed by atoms with van der Waals surface area (Å²) in [6, 6.07) is 5.63. The van der Waals surface area contributed by atoms with Gasteiger partial charge in [0.25, 0.3) is 5.69 Å². The minimum atomic E-state index is -1.16. The summed E-state index contributed by atoms with van der Waals surface area (Å²) in [5, 5.41) is 22.7. The van der Waals surface area contributed by atoms with Crippen molar-refractivity contribution in [3.8, 4) is 0 Å². The number of benzene rings is 1. The van der Waals surface area contributed by atoms with Crippen molar-refractivity contribution in [2.75, 3.05) is 11.9 Å². The van der Waals surface area contributed by atoms with Crippen LogP contribution in [0.4, 0.5) is 11.4 Å². The molecule has 7 heteroatoms. The standard InChI is InChI=1S/C12H14N2O5/c1-8(2)12(16)19-7-11(15)13-9-4-3-5-10(6-9)14(17)18/h3-6,11,13,15H,1,7H2,2H3. The van der Waals surface area contributed by atoms with E-state index in [4.69, 9.17) is 4.74 Å². The molecule has 0 saturated carbocycles. The Kier molecular flexibility index (Phi) is 5.01. The Balaban J connectivity index is 2.55. The molecule has 0 aromatic heterocycles. The van der Waals surface area contributed by atoms with Crippen LogP contribution < -0.4 is 5.32 Å². The molecule has 1 rings (SSSR count). The minimum Gasteiger partial charge on any atom is -0.458 e. The van der Waals surface area contributed by atoms with E-state index in [9.17, 15) is 20.0 Å². The number of hydrogen-bond acceptors (Lipinski definition) is 6. The van der Waals surface area contributed by atoms with Crippen molar-refractivity contribution in [3.05, 3.63) is 46.5 Å².